The van der Waals surface area contributed by atoms with E-state index in [1.807, 2.05) is 0 Å². The SMILES string of the molecule is O=C(CCCl)Nc1cccnc1Br. The summed E-state index contributed by atoms with van der Waals surface area (Å²) < 4.78 is 0.623. The van der Waals surface area contributed by atoms with Crippen LogP contribution in [-0.2, 0) is 4.79 Å². The lowest BCUT2D eigenvalue weighted by Gasteiger charge is -2.04. The van der Waals surface area contributed by atoms with Gasteiger partial charge in [-0.1, -0.05) is 0 Å². The number of anilines is 1. The van der Waals surface area contributed by atoms with Crippen LogP contribution in [0.2, 0.25) is 0 Å². The van der Waals surface area contributed by atoms with Crippen molar-refractivity contribution in [3.05, 3.63) is 22.9 Å². The molecular formula is C8H8BrClN2O. The van der Waals surface area contributed by atoms with Crippen LogP contribution in [0.4, 0.5) is 5.69 Å². The normalized spacial score (nSPS) is 9.69. The van der Waals surface area contributed by atoms with Gasteiger partial charge in [0.05, 0.1) is 5.69 Å². The minimum absolute atomic E-state index is 0.108. The quantitative estimate of drug-likeness (QED) is 0.672. The van der Waals surface area contributed by atoms with E-state index in [0.717, 1.165) is 0 Å². The van der Waals surface area contributed by atoms with Gasteiger partial charge in [-0.05, 0) is 28.1 Å². The van der Waals surface area contributed by atoms with Gasteiger partial charge in [-0.2, -0.15) is 0 Å². The number of halogens is 2. The van der Waals surface area contributed by atoms with Crippen LogP contribution in [-0.4, -0.2) is 16.8 Å². The molecule has 1 aromatic heterocycles. The van der Waals surface area contributed by atoms with Gasteiger partial charge < -0.3 is 5.32 Å². The van der Waals surface area contributed by atoms with Crippen LogP contribution in [0.3, 0.4) is 0 Å². The molecule has 70 valence electrons. The number of aromatic nitrogens is 1. The maximum absolute atomic E-state index is 11.1. The van der Waals surface area contributed by atoms with E-state index in [-0.39, 0.29) is 5.91 Å². The number of nitrogens with zero attached hydrogens (tertiary/aromatic N) is 1. The van der Waals surface area contributed by atoms with Crippen LogP contribution in [0.1, 0.15) is 6.42 Å². The van der Waals surface area contributed by atoms with Crippen molar-refractivity contribution in [3.63, 3.8) is 0 Å². The van der Waals surface area contributed by atoms with Gasteiger partial charge >= 0.3 is 0 Å². The Morgan fingerprint density at radius 1 is 1.69 bits per heavy atom. The molecule has 13 heavy (non-hydrogen) atoms. The third-order valence-corrected chi connectivity index (χ3v) is 2.18. The molecule has 1 rings (SSSR count). The molecule has 0 aliphatic carbocycles. The monoisotopic (exact) mass is 262 g/mol. The van der Waals surface area contributed by atoms with Gasteiger partial charge in [0.1, 0.15) is 4.60 Å². The molecule has 3 nitrogen and oxygen atoms in total. The minimum atomic E-state index is -0.108. The van der Waals surface area contributed by atoms with Crippen molar-refractivity contribution in [1.29, 1.82) is 0 Å². The molecule has 1 amide bonds. The molecule has 5 heteroatoms. The lowest BCUT2D eigenvalue weighted by Crippen LogP contribution is -2.12. The van der Waals surface area contributed by atoms with E-state index in [1.54, 1.807) is 18.3 Å². The smallest absolute Gasteiger partial charge is 0.225 e. The molecule has 0 bridgehead atoms. The second-order valence-corrected chi connectivity index (χ2v) is 3.46. The zero-order valence-corrected chi connectivity index (χ0v) is 9.10. The number of pyridine rings is 1. The summed E-state index contributed by atoms with van der Waals surface area (Å²) in [5, 5.41) is 2.68. The van der Waals surface area contributed by atoms with Gasteiger partial charge in [0.2, 0.25) is 5.91 Å². The van der Waals surface area contributed by atoms with Gasteiger partial charge in [0.15, 0.2) is 0 Å². The fourth-order valence-electron chi connectivity index (χ4n) is 0.778. The minimum Gasteiger partial charge on any atom is -0.324 e. The summed E-state index contributed by atoms with van der Waals surface area (Å²) in [4.78, 5) is 15.1. The predicted molar refractivity (Wildman–Crippen MR) is 55.9 cm³/mol. The summed E-state index contributed by atoms with van der Waals surface area (Å²) in [5.41, 5.74) is 0.664. The van der Waals surface area contributed by atoms with E-state index in [0.29, 0.717) is 22.6 Å². The van der Waals surface area contributed by atoms with Crippen LogP contribution in [0.15, 0.2) is 22.9 Å². The van der Waals surface area contributed by atoms with Crippen LogP contribution >= 0.6 is 27.5 Å². The Hall–Kier alpha value is -0.610. The summed E-state index contributed by atoms with van der Waals surface area (Å²) in [6.45, 7) is 0. The second kappa shape index (κ2) is 5.19. The Kier molecular flexibility index (Phi) is 4.18. The Morgan fingerprint density at radius 3 is 3.08 bits per heavy atom. The van der Waals surface area contributed by atoms with Crippen molar-refractivity contribution < 1.29 is 4.79 Å². The number of hydrogen-bond acceptors (Lipinski definition) is 2. The zero-order chi connectivity index (χ0) is 9.68. The third kappa shape index (κ3) is 3.32. The molecule has 0 unspecified atom stereocenters. The Morgan fingerprint density at radius 2 is 2.46 bits per heavy atom. The van der Waals surface area contributed by atoms with E-state index in [9.17, 15) is 4.79 Å². The molecule has 0 aliphatic rings. The summed E-state index contributed by atoms with van der Waals surface area (Å²) in [6.07, 6.45) is 1.95. The fraction of sp³-hybridized carbons (Fsp3) is 0.250. The van der Waals surface area contributed by atoms with Crippen LogP contribution in [0.25, 0.3) is 0 Å². The van der Waals surface area contributed by atoms with Gasteiger partial charge in [0, 0.05) is 18.5 Å². The first kappa shape index (κ1) is 10.5. The van der Waals surface area contributed by atoms with Crippen molar-refractivity contribution in [2.75, 3.05) is 11.2 Å². The zero-order valence-electron chi connectivity index (χ0n) is 6.76. The first-order valence-electron chi connectivity index (χ1n) is 3.70. The van der Waals surface area contributed by atoms with Crippen molar-refractivity contribution in [2.45, 2.75) is 6.42 Å². The van der Waals surface area contributed by atoms with Gasteiger partial charge in [-0.3, -0.25) is 4.79 Å². The number of hydrogen-bond donors (Lipinski definition) is 1. The fourth-order valence-corrected chi connectivity index (χ4v) is 1.30. The van der Waals surface area contributed by atoms with Crippen molar-refractivity contribution >= 4 is 39.1 Å². The summed E-state index contributed by atoms with van der Waals surface area (Å²) in [6, 6.07) is 3.52. The average Bonchev–Trinajstić information content (AvgIpc) is 2.09. The number of nitrogens with one attached hydrogen (secondary N) is 1. The van der Waals surface area contributed by atoms with Crippen molar-refractivity contribution in [2.24, 2.45) is 0 Å². The summed E-state index contributed by atoms with van der Waals surface area (Å²) in [5.74, 6) is 0.215. The molecule has 0 radical (unpaired) electrons. The first-order chi connectivity index (χ1) is 6.24. The Bertz CT molecular complexity index is 306. The van der Waals surface area contributed by atoms with Crippen molar-refractivity contribution in [3.8, 4) is 0 Å². The lowest BCUT2D eigenvalue weighted by atomic mass is 10.4. The maximum atomic E-state index is 11.1. The van der Waals surface area contributed by atoms with Gasteiger partial charge in [0.25, 0.3) is 0 Å². The Labute approximate surface area is 89.6 Å². The highest BCUT2D eigenvalue weighted by molar-refractivity contribution is 9.10. The number of carbonyl (C=O) groups is 1. The topological polar surface area (TPSA) is 42.0 Å². The molecule has 0 saturated carbocycles. The van der Waals surface area contributed by atoms with E-state index >= 15 is 0 Å². The van der Waals surface area contributed by atoms with E-state index in [4.69, 9.17) is 11.6 Å². The summed E-state index contributed by atoms with van der Waals surface area (Å²) >= 11 is 8.63. The molecule has 0 fully saturated rings. The number of rotatable bonds is 3. The van der Waals surface area contributed by atoms with E-state index in [2.05, 4.69) is 26.2 Å². The highest BCUT2D eigenvalue weighted by Crippen LogP contribution is 2.18. The lowest BCUT2D eigenvalue weighted by molar-refractivity contribution is -0.115. The van der Waals surface area contributed by atoms with E-state index in [1.165, 1.54) is 0 Å². The third-order valence-electron chi connectivity index (χ3n) is 1.35. The average molecular weight is 264 g/mol. The summed E-state index contributed by atoms with van der Waals surface area (Å²) in [7, 11) is 0. The molecule has 0 saturated heterocycles. The Balaban J connectivity index is 2.63. The molecule has 0 aromatic carbocycles. The molecule has 0 aliphatic heterocycles. The molecule has 0 atom stereocenters. The first-order valence-corrected chi connectivity index (χ1v) is 5.03. The number of alkyl halides is 1. The second-order valence-electron chi connectivity index (χ2n) is 2.33. The van der Waals surface area contributed by atoms with Crippen LogP contribution < -0.4 is 5.32 Å². The van der Waals surface area contributed by atoms with Crippen LogP contribution in [0, 0.1) is 0 Å². The van der Waals surface area contributed by atoms with Gasteiger partial charge in [-0.25, -0.2) is 4.98 Å². The molecule has 0 spiro atoms. The molecule has 1 N–H and O–H groups in total. The van der Waals surface area contributed by atoms with E-state index < -0.39 is 0 Å². The number of amides is 1. The highest BCUT2D eigenvalue weighted by atomic mass is 79.9. The van der Waals surface area contributed by atoms with Crippen LogP contribution in [0.5, 0.6) is 0 Å². The molecule has 1 heterocycles. The molecular weight excluding hydrogens is 255 g/mol. The van der Waals surface area contributed by atoms with Gasteiger partial charge in [-0.15, -0.1) is 11.6 Å². The molecule has 1 aromatic rings. The van der Waals surface area contributed by atoms with Crippen molar-refractivity contribution in [1.82, 2.24) is 4.98 Å². The number of carbonyl (C=O) groups excluding carboxylic acids is 1. The largest absolute Gasteiger partial charge is 0.324 e. The maximum Gasteiger partial charge on any atom is 0.225 e. The standard InChI is InChI=1S/C8H8BrClN2O/c9-8-6(2-1-5-11-8)12-7(13)3-4-10/h1-2,5H,3-4H2,(H,12,13). The predicted octanol–water partition coefficient (Wildman–Crippen LogP) is 2.41. The highest BCUT2D eigenvalue weighted by Gasteiger charge is 2.03.